The third-order valence-corrected chi connectivity index (χ3v) is 4.95. The van der Waals surface area contributed by atoms with Crippen molar-refractivity contribution in [3.63, 3.8) is 0 Å². The van der Waals surface area contributed by atoms with Crippen LogP contribution in [0.3, 0.4) is 0 Å². The molecule has 122 valence electrons. The van der Waals surface area contributed by atoms with E-state index in [9.17, 15) is 13.2 Å². The van der Waals surface area contributed by atoms with Crippen LogP contribution in [0.4, 0.5) is 0 Å². The van der Waals surface area contributed by atoms with Crippen molar-refractivity contribution < 1.29 is 18.3 Å². The fourth-order valence-electron chi connectivity index (χ4n) is 1.81. The average molecular weight is 334 g/mol. The summed E-state index contributed by atoms with van der Waals surface area (Å²) in [4.78, 5) is 13.6. The summed E-state index contributed by atoms with van der Waals surface area (Å²) in [7, 11) is -2.33. The third-order valence-electron chi connectivity index (χ3n) is 3.08. The minimum atomic E-state index is -3.70. The van der Waals surface area contributed by atoms with Gasteiger partial charge in [0.15, 0.2) is 0 Å². The Morgan fingerprint density at radius 3 is 2.13 bits per heavy atom. The van der Waals surface area contributed by atoms with E-state index in [0.717, 1.165) is 4.31 Å². The zero-order valence-electron chi connectivity index (χ0n) is 12.8. The Bertz CT molecular complexity index is 711. The van der Waals surface area contributed by atoms with Gasteiger partial charge in [0.1, 0.15) is 0 Å². The standard InChI is InChI=1S/C16H18N2O4S/c1-4-10-18(11-5-2)16(20)14-6-8-15(9-7-14)23(21,22)17(3)12-13-19/h1-2,6-9,19H,10-13H2,3H3. The van der Waals surface area contributed by atoms with E-state index < -0.39 is 10.0 Å². The second kappa shape index (κ2) is 8.35. The number of amides is 1. The average Bonchev–Trinajstić information content (AvgIpc) is 2.54. The maximum absolute atomic E-state index is 12.3. The van der Waals surface area contributed by atoms with Gasteiger partial charge in [-0.25, -0.2) is 8.42 Å². The lowest BCUT2D eigenvalue weighted by Gasteiger charge is -2.18. The van der Waals surface area contributed by atoms with Crippen LogP contribution in [-0.4, -0.2) is 61.9 Å². The fourth-order valence-corrected chi connectivity index (χ4v) is 2.97. The predicted octanol–water partition coefficient (Wildman–Crippen LogP) is 0.00800. The SMILES string of the molecule is C#CCN(CC#C)C(=O)c1ccc(S(=O)(=O)N(C)CCO)cc1. The molecule has 0 saturated heterocycles. The molecule has 0 saturated carbocycles. The highest BCUT2D eigenvalue weighted by Crippen LogP contribution is 2.16. The summed E-state index contributed by atoms with van der Waals surface area (Å²) in [5, 5.41) is 8.84. The second-order valence-electron chi connectivity index (χ2n) is 4.64. The van der Waals surface area contributed by atoms with Crippen molar-refractivity contribution in [2.75, 3.05) is 33.3 Å². The number of terminal acetylenes is 2. The molecular formula is C16H18N2O4S. The molecule has 0 unspecified atom stereocenters. The van der Waals surface area contributed by atoms with E-state index in [4.69, 9.17) is 18.0 Å². The van der Waals surface area contributed by atoms with Gasteiger partial charge in [0, 0.05) is 19.2 Å². The molecule has 1 aromatic carbocycles. The summed E-state index contributed by atoms with van der Waals surface area (Å²) in [5.74, 6) is 4.34. The number of rotatable bonds is 7. The molecule has 0 heterocycles. The van der Waals surface area contributed by atoms with Crippen LogP contribution in [0.5, 0.6) is 0 Å². The molecule has 1 aromatic rings. The molecule has 0 spiro atoms. The van der Waals surface area contributed by atoms with Gasteiger partial charge in [0.25, 0.3) is 5.91 Å². The second-order valence-corrected chi connectivity index (χ2v) is 6.69. The molecular weight excluding hydrogens is 316 g/mol. The van der Waals surface area contributed by atoms with Gasteiger partial charge in [-0.15, -0.1) is 12.8 Å². The van der Waals surface area contributed by atoms with Gasteiger partial charge >= 0.3 is 0 Å². The van der Waals surface area contributed by atoms with E-state index in [1.165, 1.54) is 36.2 Å². The summed E-state index contributed by atoms with van der Waals surface area (Å²) in [6.07, 6.45) is 10.4. The number of benzene rings is 1. The quantitative estimate of drug-likeness (QED) is 0.713. The fraction of sp³-hybridized carbons (Fsp3) is 0.312. The van der Waals surface area contributed by atoms with Gasteiger partial charge in [-0.05, 0) is 24.3 Å². The lowest BCUT2D eigenvalue weighted by atomic mass is 10.2. The molecule has 0 atom stereocenters. The normalized spacial score (nSPS) is 10.8. The Morgan fingerprint density at radius 1 is 1.17 bits per heavy atom. The minimum Gasteiger partial charge on any atom is -0.395 e. The van der Waals surface area contributed by atoms with Gasteiger partial charge in [-0.2, -0.15) is 4.31 Å². The Morgan fingerprint density at radius 2 is 1.70 bits per heavy atom. The number of hydrogen-bond acceptors (Lipinski definition) is 4. The summed E-state index contributed by atoms with van der Waals surface area (Å²) < 4.78 is 25.5. The van der Waals surface area contributed by atoms with E-state index in [1.54, 1.807) is 0 Å². The van der Waals surface area contributed by atoms with Gasteiger partial charge in [0.05, 0.1) is 24.6 Å². The third kappa shape index (κ3) is 4.57. The molecule has 0 bridgehead atoms. The molecule has 1 rings (SSSR count). The first kappa shape index (κ1) is 18.7. The van der Waals surface area contributed by atoms with Crippen LogP contribution < -0.4 is 0 Å². The number of hydrogen-bond donors (Lipinski definition) is 1. The van der Waals surface area contributed by atoms with Crippen LogP contribution in [0.25, 0.3) is 0 Å². The van der Waals surface area contributed by atoms with Gasteiger partial charge in [-0.3, -0.25) is 4.79 Å². The van der Waals surface area contributed by atoms with Crippen molar-refractivity contribution in [2.24, 2.45) is 0 Å². The number of aliphatic hydroxyl groups is 1. The molecule has 0 aliphatic rings. The Kier molecular flexibility index (Phi) is 6.80. The molecule has 0 fully saturated rings. The number of aliphatic hydroxyl groups excluding tert-OH is 1. The van der Waals surface area contributed by atoms with E-state index in [2.05, 4.69) is 11.8 Å². The summed E-state index contributed by atoms with van der Waals surface area (Å²) >= 11 is 0. The molecule has 23 heavy (non-hydrogen) atoms. The van der Waals surface area contributed by atoms with Crippen LogP contribution in [-0.2, 0) is 10.0 Å². The lowest BCUT2D eigenvalue weighted by molar-refractivity contribution is 0.0796. The largest absolute Gasteiger partial charge is 0.395 e. The van der Waals surface area contributed by atoms with Crippen molar-refractivity contribution >= 4 is 15.9 Å². The zero-order valence-corrected chi connectivity index (χ0v) is 13.6. The van der Waals surface area contributed by atoms with Gasteiger partial charge in [0.2, 0.25) is 10.0 Å². The van der Waals surface area contributed by atoms with E-state index in [1.807, 2.05) is 0 Å². The van der Waals surface area contributed by atoms with Crippen molar-refractivity contribution in [1.29, 1.82) is 0 Å². The summed E-state index contributed by atoms with van der Waals surface area (Å²) in [6.45, 7) is -0.148. The topological polar surface area (TPSA) is 77.9 Å². The van der Waals surface area contributed by atoms with Crippen LogP contribution in [0.15, 0.2) is 29.2 Å². The number of nitrogens with zero attached hydrogens (tertiary/aromatic N) is 2. The molecule has 6 nitrogen and oxygen atoms in total. The number of likely N-dealkylation sites (N-methyl/N-ethyl adjacent to an activating group) is 1. The first-order valence-corrected chi connectivity index (χ1v) is 8.16. The molecule has 7 heteroatoms. The van der Waals surface area contributed by atoms with Crippen molar-refractivity contribution in [1.82, 2.24) is 9.21 Å². The van der Waals surface area contributed by atoms with Crippen LogP contribution in [0.2, 0.25) is 0 Å². The molecule has 0 aliphatic carbocycles. The minimum absolute atomic E-state index is 0.0128. The van der Waals surface area contributed by atoms with Crippen molar-refractivity contribution in [3.05, 3.63) is 29.8 Å². The number of carbonyl (C=O) groups is 1. The molecule has 1 N–H and O–H groups in total. The maximum Gasteiger partial charge on any atom is 0.255 e. The highest BCUT2D eigenvalue weighted by Gasteiger charge is 2.21. The van der Waals surface area contributed by atoms with Crippen LogP contribution >= 0.6 is 0 Å². The van der Waals surface area contributed by atoms with Crippen LogP contribution in [0.1, 0.15) is 10.4 Å². The highest BCUT2D eigenvalue weighted by molar-refractivity contribution is 7.89. The molecule has 0 aromatic heterocycles. The smallest absolute Gasteiger partial charge is 0.255 e. The Hall–Kier alpha value is -2.32. The Balaban J connectivity index is 3.03. The predicted molar refractivity (Wildman–Crippen MR) is 86.9 cm³/mol. The summed E-state index contributed by atoms with van der Waals surface area (Å²) in [6, 6.07) is 5.48. The van der Waals surface area contributed by atoms with Gasteiger partial charge in [-0.1, -0.05) is 11.8 Å². The number of sulfonamides is 1. The highest BCUT2D eigenvalue weighted by atomic mass is 32.2. The van der Waals surface area contributed by atoms with E-state index >= 15 is 0 Å². The zero-order chi connectivity index (χ0) is 17.5. The maximum atomic E-state index is 12.3. The Labute approximate surface area is 136 Å². The van der Waals surface area contributed by atoms with E-state index in [-0.39, 0.29) is 37.0 Å². The summed E-state index contributed by atoms with van der Waals surface area (Å²) in [5.41, 5.74) is 0.291. The van der Waals surface area contributed by atoms with Crippen molar-refractivity contribution in [3.8, 4) is 24.7 Å². The molecule has 1 amide bonds. The van der Waals surface area contributed by atoms with E-state index in [0.29, 0.717) is 5.56 Å². The van der Waals surface area contributed by atoms with Gasteiger partial charge < -0.3 is 10.0 Å². The first-order valence-electron chi connectivity index (χ1n) is 6.72. The van der Waals surface area contributed by atoms with Crippen molar-refractivity contribution in [2.45, 2.75) is 4.90 Å². The van der Waals surface area contributed by atoms with Crippen LogP contribution in [0, 0.1) is 24.7 Å². The first-order chi connectivity index (χ1) is 10.9. The monoisotopic (exact) mass is 334 g/mol. The number of carbonyl (C=O) groups excluding carboxylic acids is 1. The molecule has 0 radical (unpaired) electrons. The lowest BCUT2D eigenvalue weighted by Crippen LogP contribution is -2.32. The molecule has 0 aliphatic heterocycles.